The van der Waals surface area contributed by atoms with E-state index in [0.717, 1.165) is 37.0 Å². The maximum Gasteiger partial charge on any atom is 0.224 e. The summed E-state index contributed by atoms with van der Waals surface area (Å²) in [6.07, 6.45) is 1.55. The molecule has 7 heteroatoms. The predicted octanol–water partition coefficient (Wildman–Crippen LogP) is 5.29. The fourth-order valence-electron chi connectivity index (χ4n) is 3.44. The Morgan fingerprint density at radius 2 is 1.66 bits per heavy atom. The van der Waals surface area contributed by atoms with E-state index in [-0.39, 0.29) is 0 Å². The van der Waals surface area contributed by atoms with Gasteiger partial charge < -0.3 is 9.64 Å². The van der Waals surface area contributed by atoms with Crippen molar-refractivity contribution < 1.29 is 4.74 Å². The van der Waals surface area contributed by atoms with Crippen molar-refractivity contribution in [3.8, 4) is 11.6 Å². The quantitative estimate of drug-likeness (QED) is 0.552. The fraction of sp³-hybridized carbons (Fsp3) is 0.273. The Bertz CT molecular complexity index is 950. The van der Waals surface area contributed by atoms with Gasteiger partial charge in [0.15, 0.2) is 0 Å². The first-order valence-corrected chi connectivity index (χ1v) is 10.3. The minimum atomic E-state index is 0.398. The molecule has 1 atom stereocenters. The molecular weight excluding hydrogens is 407 g/mol. The molecule has 1 unspecified atom stereocenters. The van der Waals surface area contributed by atoms with Crippen LogP contribution >= 0.6 is 23.2 Å². The van der Waals surface area contributed by atoms with Gasteiger partial charge in [0.25, 0.3) is 0 Å². The SMILES string of the molecule is CC1CN(c2cc(Oc3ccc(Cl)cc3)ncn2)CCN1Cc1ccc(Cl)cc1. The third-order valence-electron chi connectivity index (χ3n) is 5.05. The zero-order chi connectivity index (χ0) is 20.2. The Balaban J connectivity index is 1.39. The number of hydrogen-bond acceptors (Lipinski definition) is 5. The van der Waals surface area contributed by atoms with E-state index in [1.165, 1.54) is 5.56 Å². The van der Waals surface area contributed by atoms with Gasteiger partial charge in [0.1, 0.15) is 17.9 Å². The molecule has 0 spiro atoms. The average molecular weight is 429 g/mol. The monoisotopic (exact) mass is 428 g/mol. The first kappa shape index (κ1) is 20.0. The highest BCUT2D eigenvalue weighted by molar-refractivity contribution is 6.30. The van der Waals surface area contributed by atoms with Crippen LogP contribution in [-0.2, 0) is 6.54 Å². The largest absolute Gasteiger partial charge is 0.439 e. The molecule has 4 rings (SSSR count). The summed E-state index contributed by atoms with van der Waals surface area (Å²) in [6.45, 7) is 5.91. The van der Waals surface area contributed by atoms with Gasteiger partial charge in [-0.1, -0.05) is 35.3 Å². The summed E-state index contributed by atoms with van der Waals surface area (Å²) in [5.74, 6) is 2.09. The molecule has 2 heterocycles. The van der Waals surface area contributed by atoms with Gasteiger partial charge in [0.05, 0.1) is 0 Å². The van der Waals surface area contributed by atoms with E-state index in [4.69, 9.17) is 27.9 Å². The number of ether oxygens (including phenoxy) is 1. The lowest BCUT2D eigenvalue weighted by Gasteiger charge is -2.40. The molecule has 5 nitrogen and oxygen atoms in total. The van der Waals surface area contributed by atoms with Crippen molar-refractivity contribution in [3.05, 3.63) is 76.5 Å². The maximum atomic E-state index is 5.99. The van der Waals surface area contributed by atoms with Crippen molar-refractivity contribution in [2.24, 2.45) is 0 Å². The standard InChI is InChI=1S/C22H22Cl2N4O/c1-16-13-28(11-10-27(16)14-17-2-4-18(23)5-3-17)21-12-22(26-15-25-21)29-20-8-6-19(24)7-9-20/h2-9,12,15-16H,10-11,13-14H2,1H3. The van der Waals surface area contributed by atoms with E-state index >= 15 is 0 Å². The molecule has 150 valence electrons. The van der Waals surface area contributed by atoms with Crippen LogP contribution in [0.5, 0.6) is 11.6 Å². The van der Waals surface area contributed by atoms with Crippen molar-refractivity contribution in [3.63, 3.8) is 0 Å². The van der Waals surface area contributed by atoms with E-state index in [9.17, 15) is 0 Å². The number of nitrogens with zero attached hydrogens (tertiary/aromatic N) is 4. The van der Waals surface area contributed by atoms with E-state index in [2.05, 4.69) is 38.8 Å². The fourth-order valence-corrected chi connectivity index (χ4v) is 3.70. The number of benzene rings is 2. The van der Waals surface area contributed by atoms with Crippen molar-refractivity contribution in [2.45, 2.75) is 19.5 Å². The van der Waals surface area contributed by atoms with Crippen LogP contribution in [0.2, 0.25) is 10.0 Å². The van der Waals surface area contributed by atoms with Crippen LogP contribution in [0, 0.1) is 0 Å². The Morgan fingerprint density at radius 1 is 0.966 bits per heavy atom. The molecule has 0 amide bonds. The van der Waals surface area contributed by atoms with Gasteiger partial charge in [0, 0.05) is 48.3 Å². The molecule has 1 saturated heterocycles. The highest BCUT2D eigenvalue weighted by Gasteiger charge is 2.25. The van der Waals surface area contributed by atoms with Crippen molar-refractivity contribution in [2.75, 3.05) is 24.5 Å². The smallest absolute Gasteiger partial charge is 0.224 e. The number of aromatic nitrogens is 2. The third-order valence-corrected chi connectivity index (χ3v) is 5.56. The van der Waals surface area contributed by atoms with E-state index < -0.39 is 0 Å². The molecule has 1 aromatic heterocycles. The molecule has 1 aliphatic heterocycles. The van der Waals surface area contributed by atoms with Crippen molar-refractivity contribution in [1.82, 2.24) is 14.9 Å². The van der Waals surface area contributed by atoms with E-state index in [0.29, 0.717) is 22.7 Å². The lowest BCUT2D eigenvalue weighted by Crippen LogP contribution is -2.51. The van der Waals surface area contributed by atoms with E-state index in [1.807, 2.05) is 30.3 Å². The van der Waals surface area contributed by atoms with Crippen LogP contribution in [0.25, 0.3) is 0 Å². The summed E-state index contributed by atoms with van der Waals surface area (Å²) in [5.41, 5.74) is 1.27. The van der Waals surface area contributed by atoms with Crippen molar-refractivity contribution in [1.29, 1.82) is 0 Å². The lowest BCUT2D eigenvalue weighted by molar-refractivity contribution is 0.180. The van der Waals surface area contributed by atoms with Gasteiger partial charge in [-0.3, -0.25) is 4.90 Å². The van der Waals surface area contributed by atoms with E-state index in [1.54, 1.807) is 18.5 Å². The molecule has 0 radical (unpaired) electrons. The molecule has 0 saturated carbocycles. The zero-order valence-corrected chi connectivity index (χ0v) is 17.6. The Labute approximate surface area is 180 Å². The second kappa shape index (κ2) is 8.99. The first-order chi connectivity index (χ1) is 14.1. The molecule has 0 bridgehead atoms. The molecule has 0 aliphatic carbocycles. The molecule has 0 N–H and O–H groups in total. The number of anilines is 1. The second-order valence-electron chi connectivity index (χ2n) is 7.16. The van der Waals surface area contributed by atoms with Gasteiger partial charge in [-0.05, 0) is 48.9 Å². The van der Waals surface area contributed by atoms with Crippen LogP contribution in [0.1, 0.15) is 12.5 Å². The summed E-state index contributed by atoms with van der Waals surface area (Å²) in [4.78, 5) is 13.4. The molecule has 2 aromatic carbocycles. The summed E-state index contributed by atoms with van der Waals surface area (Å²) in [6, 6.07) is 17.6. The molecule has 29 heavy (non-hydrogen) atoms. The molecular formula is C22H22Cl2N4O. The maximum absolute atomic E-state index is 5.99. The van der Waals surface area contributed by atoms with Crippen LogP contribution < -0.4 is 9.64 Å². The van der Waals surface area contributed by atoms with Gasteiger partial charge >= 0.3 is 0 Å². The lowest BCUT2D eigenvalue weighted by atomic mass is 10.1. The summed E-state index contributed by atoms with van der Waals surface area (Å²) in [7, 11) is 0. The number of hydrogen-bond donors (Lipinski definition) is 0. The van der Waals surface area contributed by atoms with Crippen molar-refractivity contribution >= 4 is 29.0 Å². The van der Waals surface area contributed by atoms with Gasteiger partial charge in [-0.2, -0.15) is 0 Å². The summed E-state index contributed by atoms with van der Waals surface area (Å²) < 4.78 is 5.84. The minimum Gasteiger partial charge on any atom is -0.439 e. The molecule has 3 aromatic rings. The van der Waals surface area contributed by atoms with Crippen LogP contribution in [0.3, 0.4) is 0 Å². The molecule has 1 aliphatic rings. The topological polar surface area (TPSA) is 41.5 Å². The third kappa shape index (κ3) is 5.18. The minimum absolute atomic E-state index is 0.398. The van der Waals surface area contributed by atoms with Crippen LogP contribution in [-0.4, -0.2) is 40.5 Å². The number of rotatable bonds is 5. The average Bonchev–Trinajstić information content (AvgIpc) is 2.73. The number of piperazine rings is 1. The summed E-state index contributed by atoms with van der Waals surface area (Å²) in [5, 5.41) is 1.44. The zero-order valence-electron chi connectivity index (χ0n) is 16.1. The highest BCUT2D eigenvalue weighted by Crippen LogP contribution is 2.25. The van der Waals surface area contributed by atoms with Gasteiger partial charge in [-0.25, -0.2) is 9.97 Å². The predicted molar refractivity (Wildman–Crippen MR) is 117 cm³/mol. The first-order valence-electron chi connectivity index (χ1n) is 9.56. The Hall–Kier alpha value is -2.34. The van der Waals surface area contributed by atoms with Crippen LogP contribution in [0.15, 0.2) is 60.9 Å². The second-order valence-corrected chi connectivity index (χ2v) is 8.04. The normalized spacial score (nSPS) is 17.3. The Morgan fingerprint density at radius 3 is 2.34 bits per heavy atom. The van der Waals surface area contributed by atoms with Gasteiger partial charge in [0.2, 0.25) is 5.88 Å². The summed E-state index contributed by atoms with van der Waals surface area (Å²) >= 11 is 11.9. The van der Waals surface area contributed by atoms with Crippen LogP contribution in [0.4, 0.5) is 5.82 Å². The number of halogens is 2. The Kier molecular flexibility index (Phi) is 6.19. The molecule has 1 fully saturated rings. The van der Waals surface area contributed by atoms with Gasteiger partial charge in [-0.15, -0.1) is 0 Å². The highest BCUT2D eigenvalue weighted by atomic mass is 35.5.